The number of aliphatic hydroxyl groups excluding tert-OH is 1. The summed E-state index contributed by atoms with van der Waals surface area (Å²) < 4.78 is 0. The summed E-state index contributed by atoms with van der Waals surface area (Å²) in [5, 5.41) is 25.7. The Morgan fingerprint density at radius 2 is 1.47 bits per heavy atom. The number of carbonyl (C=O) groups is 4. The molecule has 3 amide bonds. The minimum atomic E-state index is -1.39. The minimum absolute atomic E-state index is 0.0669. The van der Waals surface area contributed by atoms with E-state index in [1.54, 1.807) is 0 Å². The maximum Gasteiger partial charge on any atom is 0.326 e. The quantitative estimate of drug-likeness (QED) is 0.103. The number of carboxylic acids is 1. The second-order valence-corrected chi connectivity index (χ2v) is 7.77. The van der Waals surface area contributed by atoms with Crippen molar-refractivity contribution in [2.75, 3.05) is 18.9 Å². The number of carboxylic acid groups (broad SMARTS) is 1. The van der Waals surface area contributed by atoms with Crippen molar-refractivity contribution in [2.45, 2.75) is 63.7 Å². The monoisotopic (exact) mass is 449 g/mol. The Labute approximate surface area is 182 Å². The van der Waals surface area contributed by atoms with Gasteiger partial charge in [0, 0.05) is 5.75 Å². The highest BCUT2D eigenvalue weighted by Gasteiger charge is 2.29. The van der Waals surface area contributed by atoms with E-state index >= 15 is 0 Å². The van der Waals surface area contributed by atoms with Crippen LogP contribution in [-0.2, 0) is 19.2 Å². The number of nitrogens with one attached hydrogen (secondary N) is 3. The molecule has 174 valence electrons. The fraction of sp³-hybridized carbons (Fsp3) is 0.778. The number of hydrogen-bond donors (Lipinski definition) is 8. The van der Waals surface area contributed by atoms with Crippen molar-refractivity contribution in [3.63, 3.8) is 0 Å². The maximum atomic E-state index is 12.4. The number of amides is 3. The molecule has 4 atom stereocenters. The van der Waals surface area contributed by atoms with Crippen LogP contribution in [0.4, 0.5) is 0 Å². The van der Waals surface area contributed by atoms with Crippen LogP contribution in [0.25, 0.3) is 0 Å². The Hall–Kier alpha value is -1.89. The molecule has 11 nitrogen and oxygen atoms in total. The fourth-order valence-electron chi connectivity index (χ4n) is 2.58. The largest absolute Gasteiger partial charge is 0.480 e. The summed E-state index contributed by atoms with van der Waals surface area (Å²) in [6.45, 7) is 3.45. The summed E-state index contributed by atoms with van der Waals surface area (Å²) in [7, 11) is 0. The van der Waals surface area contributed by atoms with Crippen LogP contribution >= 0.6 is 12.6 Å². The van der Waals surface area contributed by atoms with Gasteiger partial charge in [0.15, 0.2) is 0 Å². The Morgan fingerprint density at radius 1 is 0.933 bits per heavy atom. The molecule has 0 saturated carbocycles. The van der Waals surface area contributed by atoms with Crippen molar-refractivity contribution >= 4 is 36.3 Å². The third-order valence-corrected chi connectivity index (χ3v) is 4.62. The third-order valence-electron chi connectivity index (χ3n) is 4.25. The summed E-state index contributed by atoms with van der Waals surface area (Å²) in [6.07, 6.45) is 1.68. The number of nitrogens with two attached hydrogens (primary N) is 2. The third kappa shape index (κ3) is 10.8. The molecule has 0 aliphatic carbocycles. The Balaban J connectivity index is 4.92. The molecule has 0 fully saturated rings. The lowest BCUT2D eigenvalue weighted by Crippen LogP contribution is -2.58. The van der Waals surface area contributed by atoms with E-state index in [-0.39, 0.29) is 18.1 Å². The number of rotatable bonds is 15. The molecule has 0 bridgehead atoms. The normalized spacial score (nSPS) is 15.0. The fourth-order valence-corrected chi connectivity index (χ4v) is 2.83. The van der Waals surface area contributed by atoms with Crippen LogP contribution in [0.2, 0.25) is 0 Å². The van der Waals surface area contributed by atoms with E-state index in [0.717, 1.165) is 0 Å². The predicted octanol–water partition coefficient (Wildman–Crippen LogP) is -2.05. The number of aliphatic hydroxyl groups is 1. The molecule has 30 heavy (non-hydrogen) atoms. The highest BCUT2D eigenvalue weighted by atomic mass is 32.1. The molecule has 0 aliphatic heterocycles. The van der Waals surface area contributed by atoms with E-state index in [4.69, 9.17) is 11.5 Å². The van der Waals surface area contributed by atoms with Crippen molar-refractivity contribution in [3.05, 3.63) is 0 Å². The van der Waals surface area contributed by atoms with Crippen LogP contribution in [0.1, 0.15) is 39.5 Å². The summed E-state index contributed by atoms with van der Waals surface area (Å²) in [6, 6.07) is -4.45. The van der Waals surface area contributed by atoms with Crippen molar-refractivity contribution in [2.24, 2.45) is 17.4 Å². The van der Waals surface area contributed by atoms with Gasteiger partial charge in [-0.1, -0.05) is 13.8 Å². The zero-order valence-electron chi connectivity index (χ0n) is 17.5. The number of unbranched alkanes of at least 4 members (excludes halogenated alkanes) is 1. The first-order valence-electron chi connectivity index (χ1n) is 9.88. The van der Waals surface area contributed by atoms with E-state index in [1.165, 1.54) is 0 Å². The molecule has 9 N–H and O–H groups in total. The molecule has 0 aliphatic rings. The molecule has 0 saturated heterocycles. The number of thiol groups is 1. The zero-order chi connectivity index (χ0) is 23.3. The second-order valence-electron chi connectivity index (χ2n) is 7.41. The van der Waals surface area contributed by atoms with Crippen molar-refractivity contribution in [1.82, 2.24) is 16.0 Å². The lowest BCUT2D eigenvalue weighted by atomic mass is 10.0. The lowest BCUT2D eigenvalue weighted by molar-refractivity contribution is -0.142. The highest BCUT2D eigenvalue weighted by Crippen LogP contribution is 2.04. The summed E-state index contributed by atoms with van der Waals surface area (Å²) >= 11 is 4.03. The molecule has 0 aromatic carbocycles. The Bertz CT molecular complexity index is 577. The maximum absolute atomic E-state index is 12.4. The smallest absolute Gasteiger partial charge is 0.326 e. The molecule has 0 rings (SSSR count). The first-order valence-corrected chi connectivity index (χ1v) is 10.5. The zero-order valence-corrected chi connectivity index (χ0v) is 18.4. The molecule has 0 radical (unpaired) electrons. The minimum Gasteiger partial charge on any atom is -0.480 e. The van der Waals surface area contributed by atoms with Gasteiger partial charge in [-0.3, -0.25) is 14.4 Å². The average Bonchev–Trinajstić information content (AvgIpc) is 2.68. The molecule has 4 unspecified atom stereocenters. The molecular weight excluding hydrogens is 414 g/mol. The first-order chi connectivity index (χ1) is 14.1. The number of carbonyl (C=O) groups excluding carboxylic acids is 3. The molecule has 0 aromatic rings. The van der Waals surface area contributed by atoms with Crippen LogP contribution in [0.3, 0.4) is 0 Å². The van der Waals surface area contributed by atoms with E-state index in [1.807, 2.05) is 13.8 Å². The van der Waals surface area contributed by atoms with Gasteiger partial charge in [0.05, 0.1) is 12.6 Å². The topological polar surface area (TPSA) is 197 Å². The van der Waals surface area contributed by atoms with Gasteiger partial charge in [-0.05, 0) is 38.1 Å². The summed E-state index contributed by atoms with van der Waals surface area (Å²) in [5.74, 6) is -3.26. The Kier molecular flexibility index (Phi) is 14.0. The van der Waals surface area contributed by atoms with Crippen LogP contribution in [0.5, 0.6) is 0 Å². The van der Waals surface area contributed by atoms with E-state index in [0.29, 0.717) is 25.8 Å². The predicted molar refractivity (Wildman–Crippen MR) is 115 cm³/mol. The van der Waals surface area contributed by atoms with Gasteiger partial charge in [0.2, 0.25) is 17.7 Å². The van der Waals surface area contributed by atoms with Crippen molar-refractivity contribution < 1.29 is 29.4 Å². The lowest BCUT2D eigenvalue weighted by Gasteiger charge is -2.23. The van der Waals surface area contributed by atoms with E-state index in [2.05, 4.69) is 28.6 Å². The number of hydrogen-bond acceptors (Lipinski definition) is 8. The second kappa shape index (κ2) is 15.0. The number of aliphatic carboxylic acids is 1. The molecular formula is C18H35N5O6S. The molecule has 0 heterocycles. The average molecular weight is 450 g/mol. The molecule has 12 heteroatoms. The standard InChI is InChI=1S/C18H35N5O6S/c1-10(2)7-11(20)15(25)23-14(9-30)17(27)22-13(8-24)16(26)21-12(18(28)29)5-3-4-6-19/h10-14,24,30H,3-9,19-20H2,1-2H3,(H,21,26)(H,22,27)(H,23,25)(H,28,29). The van der Waals surface area contributed by atoms with Gasteiger partial charge in [-0.15, -0.1) is 0 Å². The van der Waals surface area contributed by atoms with Crippen molar-refractivity contribution in [3.8, 4) is 0 Å². The van der Waals surface area contributed by atoms with E-state index < -0.39 is 54.5 Å². The summed E-state index contributed by atoms with van der Waals surface area (Å²) in [4.78, 5) is 48.2. The Morgan fingerprint density at radius 3 is 1.93 bits per heavy atom. The first kappa shape index (κ1) is 28.1. The molecule has 0 aromatic heterocycles. The van der Waals surface area contributed by atoms with Gasteiger partial charge >= 0.3 is 5.97 Å². The van der Waals surface area contributed by atoms with Crippen LogP contribution in [0, 0.1) is 5.92 Å². The SMILES string of the molecule is CC(C)CC(N)C(=O)NC(CS)C(=O)NC(CO)C(=O)NC(CCCCN)C(=O)O. The van der Waals surface area contributed by atoms with Crippen LogP contribution in [0.15, 0.2) is 0 Å². The van der Waals surface area contributed by atoms with Gasteiger partial charge in [-0.2, -0.15) is 12.6 Å². The van der Waals surface area contributed by atoms with Crippen LogP contribution < -0.4 is 27.4 Å². The van der Waals surface area contributed by atoms with Gasteiger partial charge < -0.3 is 37.6 Å². The van der Waals surface area contributed by atoms with Gasteiger partial charge in [0.1, 0.15) is 18.1 Å². The van der Waals surface area contributed by atoms with Gasteiger partial charge in [-0.25, -0.2) is 4.79 Å². The highest BCUT2D eigenvalue weighted by molar-refractivity contribution is 7.80. The van der Waals surface area contributed by atoms with E-state index in [9.17, 15) is 29.4 Å². The molecule has 0 spiro atoms. The summed E-state index contributed by atoms with van der Waals surface area (Å²) in [5.41, 5.74) is 11.2. The van der Waals surface area contributed by atoms with Gasteiger partial charge in [0.25, 0.3) is 0 Å². The van der Waals surface area contributed by atoms with Crippen molar-refractivity contribution in [1.29, 1.82) is 0 Å². The van der Waals surface area contributed by atoms with Crippen LogP contribution in [-0.4, -0.2) is 77.0 Å².